The minimum atomic E-state index is -0.774. The lowest BCUT2D eigenvalue weighted by Gasteiger charge is -2.31. The van der Waals surface area contributed by atoms with Crippen LogP contribution in [-0.4, -0.2) is 46.3 Å². The highest BCUT2D eigenvalue weighted by molar-refractivity contribution is 6.23. The molecule has 0 radical (unpaired) electrons. The topological polar surface area (TPSA) is 30.9 Å². The van der Waals surface area contributed by atoms with Gasteiger partial charge in [0, 0.05) is 13.2 Å². The minimum absolute atomic E-state index is 0.485. The molecule has 0 aromatic rings. The van der Waals surface area contributed by atoms with Gasteiger partial charge in [0.05, 0.1) is 0 Å². The molecule has 0 bridgehead atoms. The summed E-state index contributed by atoms with van der Waals surface area (Å²) in [7, 11) is -0.774. The zero-order valence-corrected chi connectivity index (χ0v) is 12.9. The summed E-state index contributed by atoms with van der Waals surface area (Å²) in [5.74, 6) is 0. The Morgan fingerprint density at radius 2 is 1.38 bits per heavy atom. The summed E-state index contributed by atoms with van der Waals surface area (Å²) >= 11 is 0. The van der Waals surface area contributed by atoms with Crippen molar-refractivity contribution in [1.29, 1.82) is 0 Å². The van der Waals surface area contributed by atoms with E-state index in [-0.39, 0.29) is 0 Å². The first-order valence-electron chi connectivity index (χ1n) is 6.13. The summed E-state index contributed by atoms with van der Waals surface area (Å²) in [5.41, 5.74) is 0. The van der Waals surface area contributed by atoms with Gasteiger partial charge in [-0.15, -0.1) is 0 Å². The van der Waals surface area contributed by atoms with Crippen molar-refractivity contribution in [3.05, 3.63) is 0 Å². The van der Waals surface area contributed by atoms with Crippen LogP contribution < -0.4 is 0 Å². The fourth-order valence-electron chi connectivity index (χ4n) is 1.46. The number of rotatable bonds is 9. The molecule has 0 heterocycles. The fraction of sp³-hybridized carbons (Fsp3) is 1.00. The molecule has 0 fully saturated rings. The molecular weight excluding hydrogens is 222 g/mol. The maximum absolute atomic E-state index is 5.73. The van der Waals surface area contributed by atoms with E-state index >= 15 is 0 Å². The molecule has 0 rings (SSSR count). The van der Waals surface area contributed by atoms with Crippen molar-refractivity contribution < 1.29 is 13.9 Å². The highest BCUT2D eigenvalue weighted by Crippen LogP contribution is 2.05. The summed E-state index contributed by atoms with van der Waals surface area (Å²) in [5, 5.41) is 0. The maximum Gasteiger partial charge on any atom is 0.262 e. The predicted molar refractivity (Wildman–Crippen MR) is 68.8 cm³/mol. The van der Waals surface area contributed by atoms with Crippen LogP contribution in [0.4, 0.5) is 0 Å². The van der Waals surface area contributed by atoms with E-state index in [0.29, 0.717) is 25.3 Å². The Labute approximate surface area is 102 Å². The molecule has 0 aromatic carbocycles. The van der Waals surface area contributed by atoms with E-state index in [9.17, 15) is 0 Å². The van der Waals surface area contributed by atoms with E-state index in [0.717, 1.165) is 0 Å². The second kappa shape index (κ2) is 9.12. The summed E-state index contributed by atoms with van der Waals surface area (Å²) in [6.45, 7) is 13.4. The quantitative estimate of drug-likeness (QED) is 0.457. The standard InChI is InChI=1S/C11H27NO3Si/c1-7-13-11(14-8-2)15-16-12(9(3)4)10(5)6/h9-11H,7-8,16H2,1-6H3. The van der Waals surface area contributed by atoms with Gasteiger partial charge < -0.3 is 18.5 Å². The van der Waals surface area contributed by atoms with Gasteiger partial charge in [0.25, 0.3) is 6.48 Å². The van der Waals surface area contributed by atoms with Crippen LogP contribution in [0.2, 0.25) is 0 Å². The Bertz CT molecular complexity index is 153. The van der Waals surface area contributed by atoms with Gasteiger partial charge in [0.1, 0.15) is 0 Å². The third-order valence-electron chi connectivity index (χ3n) is 2.29. The first-order chi connectivity index (χ1) is 7.52. The largest absolute Gasteiger partial charge is 0.362 e. The third kappa shape index (κ3) is 6.60. The molecule has 0 aliphatic heterocycles. The lowest BCUT2D eigenvalue weighted by molar-refractivity contribution is -0.246. The van der Waals surface area contributed by atoms with Crippen LogP contribution in [0.3, 0.4) is 0 Å². The van der Waals surface area contributed by atoms with Gasteiger partial charge in [-0.3, -0.25) is 0 Å². The highest BCUT2D eigenvalue weighted by Gasteiger charge is 2.17. The molecule has 5 heteroatoms. The van der Waals surface area contributed by atoms with Gasteiger partial charge in [-0.2, -0.15) is 0 Å². The summed E-state index contributed by atoms with van der Waals surface area (Å²) in [4.78, 5) is 0. The monoisotopic (exact) mass is 249 g/mol. The van der Waals surface area contributed by atoms with Gasteiger partial charge >= 0.3 is 0 Å². The normalized spacial score (nSPS) is 13.1. The SMILES string of the molecule is CCOC(OCC)O[SiH2]N(C(C)C)C(C)C. The van der Waals surface area contributed by atoms with Gasteiger partial charge in [-0.1, -0.05) is 27.7 Å². The molecule has 0 aliphatic carbocycles. The minimum Gasteiger partial charge on any atom is -0.362 e. The number of ether oxygens (including phenoxy) is 2. The maximum atomic E-state index is 5.73. The number of nitrogens with zero attached hydrogens (tertiary/aromatic N) is 1. The summed E-state index contributed by atoms with van der Waals surface area (Å²) in [6, 6.07) is 1.02. The molecule has 0 N–H and O–H groups in total. The molecule has 0 spiro atoms. The van der Waals surface area contributed by atoms with Crippen LogP contribution in [-0.2, 0) is 13.9 Å². The molecule has 0 amide bonds. The Kier molecular flexibility index (Phi) is 9.16. The van der Waals surface area contributed by atoms with E-state index in [1.807, 2.05) is 13.8 Å². The lowest BCUT2D eigenvalue weighted by atomic mass is 10.3. The molecular formula is C11H27NO3Si. The van der Waals surface area contributed by atoms with E-state index in [1.54, 1.807) is 0 Å². The molecule has 0 unspecified atom stereocenters. The van der Waals surface area contributed by atoms with E-state index < -0.39 is 16.4 Å². The highest BCUT2D eigenvalue weighted by atomic mass is 28.2. The van der Waals surface area contributed by atoms with E-state index in [4.69, 9.17) is 13.9 Å². The smallest absolute Gasteiger partial charge is 0.262 e. The van der Waals surface area contributed by atoms with Gasteiger partial charge in [0.2, 0.25) is 9.92 Å². The Morgan fingerprint density at radius 3 is 1.69 bits per heavy atom. The van der Waals surface area contributed by atoms with Crippen LogP contribution >= 0.6 is 0 Å². The molecule has 0 saturated heterocycles. The van der Waals surface area contributed by atoms with Crippen LogP contribution in [0.5, 0.6) is 0 Å². The van der Waals surface area contributed by atoms with Gasteiger partial charge in [-0.05, 0) is 25.9 Å². The molecule has 0 saturated carbocycles. The molecule has 98 valence electrons. The lowest BCUT2D eigenvalue weighted by Crippen LogP contribution is -2.43. The van der Waals surface area contributed by atoms with Crippen molar-refractivity contribution in [1.82, 2.24) is 4.57 Å². The molecule has 0 atom stereocenters. The van der Waals surface area contributed by atoms with Crippen molar-refractivity contribution in [3.63, 3.8) is 0 Å². The van der Waals surface area contributed by atoms with Crippen molar-refractivity contribution in [2.24, 2.45) is 0 Å². The van der Waals surface area contributed by atoms with Gasteiger partial charge in [0.15, 0.2) is 0 Å². The number of hydrogen-bond donors (Lipinski definition) is 0. The van der Waals surface area contributed by atoms with E-state index in [2.05, 4.69) is 32.3 Å². The fourth-order valence-corrected chi connectivity index (χ4v) is 2.54. The van der Waals surface area contributed by atoms with Crippen LogP contribution in [0.15, 0.2) is 0 Å². The third-order valence-corrected chi connectivity index (χ3v) is 4.47. The second-order valence-corrected chi connectivity index (χ2v) is 5.52. The van der Waals surface area contributed by atoms with Gasteiger partial charge in [-0.25, -0.2) is 0 Å². The molecule has 0 aliphatic rings. The molecule has 4 nitrogen and oxygen atoms in total. The Balaban J connectivity index is 4.04. The van der Waals surface area contributed by atoms with Crippen LogP contribution in [0.1, 0.15) is 41.5 Å². The predicted octanol–water partition coefficient (Wildman–Crippen LogP) is 1.48. The summed E-state index contributed by atoms with van der Waals surface area (Å²) in [6.07, 6.45) is 0. The Hall–Kier alpha value is 0.0569. The van der Waals surface area contributed by atoms with Crippen molar-refractivity contribution in [3.8, 4) is 0 Å². The second-order valence-electron chi connectivity index (χ2n) is 4.20. The van der Waals surface area contributed by atoms with Crippen molar-refractivity contribution in [2.75, 3.05) is 13.2 Å². The first-order valence-corrected chi connectivity index (χ1v) is 7.34. The Morgan fingerprint density at radius 1 is 0.938 bits per heavy atom. The molecule has 16 heavy (non-hydrogen) atoms. The van der Waals surface area contributed by atoms with E-state index in [1.165, 1.54) is 0 Å². The molecule has 0 aromatic heterocycles. The van der Waals surface area contributed by atoms with Crippen molar-refractivity contribution >= 4 is 9.92 Å². The first kappa shape index (κ1) is 16.1. The average molecular weight is 249 g/mol. The summed E-state index contributed by atoms with van der Waals surface area (Å²) < 4.78 is 18.8. The number of hydrogen-bond acceptors (Lipinski definition) is 4. The average Bonchev–Trinajstić information content (AvgIpc) is 2.17. The zero-order valence-electron chi connectivity index (χ0n) is 11.5. The van der Waals surface area contributed by atoms with Crippen molar-refractivity contribution in [2.45, 2.75) is 60.1 Å². The zero-order chi connectivity index (χ0) is 12.6. The van der Waals surface area contributed by atoms with Crippen LogP contribution in [0, 0.1) is 0 Å². The van der Waals surface area contributed by atoms with Crippen LogP contribution in [0.25, 0.3) is 0 Å².